The monoisotopic (exact) mass is 206 g/mol. The molecule has 2 rings (SSSR count). The van der Waals surface area contributed by atoms with Crippen molar-refractivity contribution in [2.45, 2.75) is 0 Å². The third-order valence-corrected chi connectivity index (χ3v) is 1.58. The number of hydrogen-bond acceptors (Lipinski definition) is 2. The summed E-state index contributed by atoms with van der Waals surface area (Å²) >= 11 is 0. The standard InChI is InChI=1S/C6H5FO.C6H6O/c7-5-1-3-6(8)4-2-5;7-6-4-2-1-3-5-6/h1-4,8H;1-5,7H. The average molecular weight is 206 g/mol. The molecule has 0 aliphatic heterocycles. The summed E-state index contributed by atoms with van der Waals surface area (Å²) in [5.41, 5.74) is 0. The number of phenols is 2. The van der Waals surface area contributed by atoms with Crippen molar-refractivity contribution in [3.05, 3.63) is 60.4 Å². The number of rotatable bonds is 0. The van der Waals surface area contributed by atoms with E-state index in [4.69, 9.17) is 10.2 Å². The van der Waals surface area contributed by atoms with Gasteiger partial charge in [-0.15, -0.1) is 0 Å². The first-order chi connectivity index (χ1) is 7.18. The van der Waals surface area contributed by atoms with Crippen LogP contribution in [0.1, 0.15) is 0 Å². The van der Waals surface area contributed by atoms with E-state index in [1.165, 1.54) is 24.3 Å². The Labute approximate surface area is 87.2 Å². The van der Waals surface area contributed by atoms with Crippen LogP contribution in [0.15, 0.2) is 54.6 Å². The Morgan fingerprint density at radius 3 is 1.47 bits per heavy atom. The van der Waals surface area contributed by atoms with Gasteiger partial charge in [-0.25, -0.2) is 4.39 Å². The van der Waals surface area contributed by atoms with Crippen LogP contribution in [-0.4, -0.2) is 10.2 Å². The highest BCUT2D eigenvalue weighted by atomic mass is 19.1. The van der Waals surface area contributed by atoms with Gasteiger partial charge in [0.05, 0.1) is 0 Å². The molecular formula is C12H11FO2. The summed E-state index contributed by atoms with van der Waals surface area (Å²) in [4.78, 5) is 0. The second kappa shape index (κ2) is 5.65. The van der Waals surface area contributed by atoms with Crippen LogP contribution >= 0.6 is 0 Å². The van der Waals surface area contributed by atoms with Gasteiger partial charge in [-0.1, -0.05) is 18.2 Å². The molecule has 0 unspecified atom stereocenters. The number of hydrogen-bond donors (Lipinski definition) is 2. The van der Waals surface area contributed by atoms with E-state index in [9.17, 15) is 4.39 Å². The molecule has 0 aliphatic carbocycles. The summed E-state index contributed by atoms with van der Waals surface area (Å²) < 4.78 is 12.0. The van der Waals surface area contributed by atoms with Crippen molar-refractivity contribution in [1.82, 2.24) is 0 Å². The minimum Gasteiger partial charge on any atom is -0.508 e. The van der Waals surface area contributed by atoms with E-state index in [1.54, 1.807) is 24.3 Å². The molecule has 2 aromatic rings. The first kappa shape index (κ1) is 11.0. The van der Waals surface area contributed by atoms with Crippen LogP contribution in [0, 0.1) is 5.82 Å². The summed E-state index contributed by atoms with van der Waals surface area (Å²) in [6.45, 7) is 0. The maximum Gasteiger partial charge on any atom is 0.123 e. The molecule has 2 aromatic carbocycles. The zero-order chi connectivity index (χ0) is 11.1. The van der Waals surface area contributed by atoms with Crippen LogP contribution in [0.2, 0.25) is 0 Å². The van der Waals surface area contributed by atoms with Gasteiger partial charge in [-0.3, -0.25) is 0 Å². The Morgan fingerprint density at radius 1 is 0.667 bits per heavy atom. The molecule has 0 radical (unpaired) electrons. The molecule has 0 aromatic heterocycles. The third-order valence-electron chi connectivity index (χ3n) is 1.58. The van der Waals surface area contributed by atoms with Gasteiger partial charge in [0.1, 0.15) is 17.3 Å². The lowest BCUT2D eigenvalue weighted by Crippen LogP contribution is -1.67. The summed E-state index contributed by atoms with van der Waals surface area (Å²) in [5, 5.41) is 17.2. The van der Waals surface area contributed by atoms with Crippen molar-refractivity contribution in [3.63, 3.8) is 0 Å². The lowest BCUT2D eigenvalue weighted by molar-refractivity contribution is 0.473. The molecule has 0 heterocycles. The summed E-state index contributed by atoms with van der Waals surface area (Å²) in [6.07, 6.45) is 0. The van der Waals surface area contributed by atoms with Crippen LogP contribution in [0.25, 0.3) is 0 Å². The summed E-state index contributed by atoms with van der Waals surface area (Å²) in [6, 6.07) is 13.7. The first-order valence-electron chi connectivity index (χ1n) is 4.37. The van der Waals surface area contributed by atoms with E-state index in [0.717, 1.165) is 0 Å². The van der Waals surface area contributed by atoms with Gasteiger partial charge in [0.2, 0.25) is 0 Å². The van der Waals surface area contributed by atoms with Gasteiger partial charge in [0.25, 0.3) is 0 Å². The number of benzene rings is 2. The molecule has 0 bridgehead atoms. The van der Waals surface area contributed by atoms with Gasteiger partial charge in [-0.2, -0.15) is 0 Å². The van der Waals surface area contributed by atoms with E-state index in [2.05, 4.69) is 0 Å². The fourth-order valence-corrected chi connectivity index (χ4v) is 0.869. The van der Waals surface area contributed by atoms with E-state index < -0.39 is 0 Å². The Bertz CT molecular complexity index is 363. The van der Waals surface area contributed by atoms with Crippen LogP contribution in [0.5, 0.6) is 11.5 Å². The van der Waals surface area contributed by atoms with Gasteiger partial charge in [0.15, 0.2) is 0 Å². The zero-order valence-corrected chi connectivity index (χ0v) is 7.97. The van der Waals surface area contributed by atoms with Crippen molar-refractivity contribution in [2.24, 2.45) is 0 Å². The maximum absolute atomic E-state index is 12.0. The highest BCUT2D eigenvalue weighted by Gasteiger charge is 1.85. The number of para-hydroxylation sites is 1. The molecule has 0 amide bonds. The van der Waals surface area contributed by atoms with Crippen molar-refractivity contribution in [2.75, 3.05) is 0 Å². The molecular weight excluding hydrogens is 195 g/mol. The summed E-state index contributed by atoms with van der Waals surface area (Å²) in [5.74, 6) is 0.0803. The predicted octanol–water partition coefficient (Wildman–Crippen LogP) is 2.92. The Kier molecular flexibility index (Phi) is 4.16. The normalized spacial score (nSPS) is 8.87. The van der Waals surface area contributed by atoms with Crippen LogP contribution in [0.3, 0.4) is 0 Å². The fourth-order valence-electron chi connectivity index (χ4n) is 0.869. The van der Waals surface area contributed by atoms with Crippen molar-refractivity contribution in [3.8, 4) is 11.5 Å². The second-order valence-corrected chi connectivity index (χ2v) is 2.81. The maximum atomic E-state index is 12.0. The van der Waals surface area contributed by atoms with Crippen molar-refractivity contribution >= 4 is 0 Å². The molecule has 0 atom stereocenters. The van der Waals surface area contributed by atoms with Gasteiger partial charge in [0, 0.05) is 0 Å². The van der Waals surface area contributed by atoms with Crippen LogP contribution in [0.4, 0.5) is 4.39 Å². The second-order valence-electron chi connectivity index (χ2n) is 2.81. The van der Waals surface area contributed by atoms with Gasteiger partial charge in [-0.05, 0) is 36.4 Å². The molecule has 0 aliphatic rings. The first-order valence-corrected chi connectivity index (χ1v) is 4.37. The van der Waals surface area contributed by atoms with E-state index >= 15 is 0 Å². The van der Waals surface area contributed by atoms with Gasteiger partial charge >= 0.3 is 0 Å². The lowest BCUT2D eigenvalue weighted by Gasteiger charge is -1.86. The van der Waals surface area contributed by atoms with Crippen molar-refractivity contribution < 1.29 is 14.6 Å². The Morgan fingerprint density at radius 2 is 1.13 bits per heavy atom. The summed E-state index contributed by atoms with van der Waals surface area (Å²) in [7, 11) is 0. The minimum atomic E-state index is -0.331. The number of phenolic OH excluding ortho intramolecular Hbond substituents is 2. The lowest BCUT2D eigenvalue weighted by atomic mass is 10.3. The average Bonchev–Trinajstić information content (AvgIpc) is 2.25. The SMILES string of the molecule is Oc1ccc(F)cc1.Oc1ccccc1. The molecule has 78 valence electrons. The Hall–Kier alpha value is -2.03. The van der Waals surface area contributed by atoms with Gasteiger partial charge < -0.3 is 10.2 Å². The Balaban J connectivity index is 0.000000151. The number of halogens is 1. The molecule has 0 saturated heterocycles. The largest absolute Gasteiger partial charge is 0.508 e. The molecule has 3 heteroatoms. The molecule has 0 saturated carbocycles. The minimum absolute atomic E-state index is 0.0893. The molecule has 2 nitrogen and oxygen atoms in total. The van der Waals surface area contributed by atoms with Crippen LogP contribution in [-0.2, 0) is 0 Å². The fraction of sp³-hybridized carbons (Fsp3) is 0. The van der Waals surface area contributed by atoms with E-state index in [0.29, 0.717) is 5.75 Å². The molecule has 2 N–H and O–H groups in total. The quantitative estimate of drug-likeness (QED) is 0.695. The predicted molar refractivity (Wildman–Crippen MR) is 56.2 cm³/mol. The number of aromatic hydroxyl groups is 2. The molecule has 15 heavy (non-hydrogen) atoms. The van der Waals surface area contributed by atoms with Crippen LogP contribution < -0.4 is 0 Å². The molecule has 0 fully saturated rings. The van der Waals surface area contributed by atoms with E-state index in [-0.39, 0.29) is 11.6 Å². The van der Waals surface area contributed by atoms with E-state index in [1.807, 2.05) is 6.07 Å². The zero-order valence-electron chi connectivity index (χ0n) is 7.97. The topological polar surface area (TPSA) is 40.5 Å². The smallest absolute Gasteiger partial charge is 0.123 e. The van der Waals surface area contributed by atoms with Crippen molar-refractivity contribution in [1.29, 1.82) is 0 Å². The third kappa shape index (κ3) is 4.67. The highest BCUT2D eigenvalue weighted by molar-refractivity contribution is 5.20. The molecule has 0 spiro atoms. The highest BCUT2D eigenvalue weighted by Crippen LogP contribution is 2.07.